The molecule has 0 aromatic carbocycles. The molecule has 1 aromatic rings. The van der Waals surface area contributed by atoms with Crippen LogP contribution in [0.2, 0.25) is 0 Å². The number of carbonyl (C=O) groups excluding carboxylic acids is 1. The van der Waals surface area contributed by atoms with E-state index in [1.165, 1.54) is 26.0 Å². The van der Waals surface area contributed by atoms with Crippen molar-refractivity contribution in [3.63, 3.8) is 0 Å². The molecule has 1 amide bonds. The lowest BCUT2D eigenvalue weighted by atomic mass is 10.1. The van der Waals surface area contributed by atoms with Crippen molar-refractivity contribution in [2.75, 3.05) is 0 Å². The van der Waals surface area contributed by atoms with Gasteiger partial charge in [-0.2, -0.15) is 4.72 Å². The monoisotopic (exact) mass is 307 g/mol. The van der Waals surface area contributed by atoms with Crippen LogP contribution in [-0.4, -0.2) is 24.9 Å². The van der Waals surface area contributed by atoms with Gasteiger partial charge in [-0.15, -0.1) is 11.3 Å². The summed E-state index contributed by atoms with van der Waals surface area (Å²) < 4.78 is 26.2. The van der Waals surface area contributed by atoms with Gasteiger partial charge in [-0.1, -0.05) is 12.2 Å². The third kappa shape index (κ3) is 3.25. The highest BCUT2D eigenvalue weighted by Gasteiger charge is 2.32. The molecule has 0 aliphatic rings. The largest absolute Gasteiger partial charge is 0.389 e. The van der Waals surface area contributed by atoms with Crippen LogP contribution in [0.3, 0.4) is 0 Å². The van der Waals surface area contributed by atoms with Gasteiger partial charge in [0, 0.05) is 0 Å². The number of nitrogens with two attached hydrogens (primary N) is 2. The minimum absolute atomic E-state index is 0.0274. The Bertz CT molecular complexity index is 589. The molecule has 0 saturated heterocycles. The summed E-state index contributed by atoms with van der Waals surface area (Å²) in [6.07, 6.45) is 0. The second-order valence-electron chi connectivity index (χ2n) is 4.08. The van der Waals surface area contributed by atoms with Crippen LogP contribution < -0.4 is 16.2 Å². The Morgan fingerprint density at radius 1 is 1.39 bits per heavy atom. The van der Waals surface area contributed by atoms with Crippen molar-refractivity contribution in [1.82, 2.24) is 4.72 Å². The quantitative estimate of drug-likeness (QED) is 0.658. The first-order chi connectivity index (χ1) is 8.06. The number of thiocarbonyl (C=S) groups is 1. The van der Waals surface area contributed by atoms with E-state index in [1.807, 2.05) is 0 Å². The third-order valence-corrected chi connectivity index (χ3v) is 5.71. The van der Waals surface area contributed by atoms with Crippen LogP contribution in [0.15, 0.2) is 16.3 Å². The van der Waals surface area contributed by atoms with Gasteiger partial charge in [-0.3, -0.25) is 4.79 Å². The number of hydrogen-bond donors (Lipinski definition) is 3. The highest BCUT2D eigenvalue weighted by Crippen LogP contribution is 2.22. The maximum absolute atomic E-state index is 12.0. The SMILES string of the molecule is CC(C)(NS(=O)(=O)c1ccc(C(N)=S)s1)C(N)=O. The van der Waals surface area contributed by atoms with Gasteiger partial charge in [-0.25, -0.2) is 8.42 Å². The fourth-order valence-corrected chi connectivity index (χ4v) is 3.77. The zero-order valence-electron chi connectivity index (χ0n) is 9.76. The summed E-state index contributed by atoms with van der Waals surface area (Å²) in [5, 5.41) is 0. The molecule has 100 valence electrons. The van der Waals surface area contributed by atoms with Crippen LogP contribution in [0, 0.1) is 0 Å². The molecule has 0 spiro atoms. The molecule has 0 radical (unpaired) electrons. The molecule has 1 rings (SSSR count). The first-order valence-electron chi connectivity index (χ1n) is 4.80. The molecular weight excluding hydrogens is 294 g/mol. The highest BCUT2D eigenvalue weighted by molar-refractivity contribution is 7.91. The number of hydrogen-bond acceptors (Lipinski definition) is 5. The zero-order chi connectivity index (χ0) is 14.1. The van der Waals surface area contributed by atoms with Crippen molar-refractivity contribution >= 4 is 44.5 Å². The van der Waals surface area contributed by atoms with Crippen molar-refractivity contribution in [2.24, 2.45) is 11.5 Å². The number of amides is 1. The van der Waals surface area contributed by atoms with Crippen LogP contribution in [0.25, 0.3) is 0 Å². The number of thiophene rings is 1. The Hall–Kier alpha value is -1.03. The van der Waals surface area contributed by atoms with E-state index in [2.05, 4.69) is 4.72 Å². The minimum atomic E-state index is -3.82. The van der Waals surface area contributed by atoms with Crippen LogP contribution in [0.1, 0.15) is 18.7 Å². The Kier molecular flexibility index (Phi) is 4.11. The lowest BCUT2D eigenvalue weighted by Gasteiger charge is -2.21. The van der Waals surface area contributed by atoms with Gasteiger partial charge in [0.25, 0.3) is 10.0 Å². The van der Waals surface area contributed by atoms with Crippen molar-refractivity contribution in [2.45, 2.75) is 23.6 Å². The van der Waals surface area contributed by atoms with Crippen LogP contribution in [0.5, 0.6) is 0 Å². The molecule has 18 heavy (non-hydrogen) atoms. The Labute approximate surface area is 114 Å². The molecule has 0 aliphatic heterocycles. The number of primary amides is 1. The molecule has 0 saturated carbocycles. The van der Waals surface area contributed by atoms with Crippen LogP contribution in [0.4, 0.5) is 0 Å². The van der Waals surface area contributed by atoms with Crippen molar-refractivity contribution in [3.8, 4) is 0 Å². The topological polar surface area (TPSA) is 115 Å². The smallest absolute Gasteiger partial charge is 0.251 e. The van der Waals surface area contributed by atoms with Gasteiger partial charge in [0.15, 0.2) is 0 Å². The predicted octanol–water partition coefficient (Wildman–Crippen LogP) is -0.0755. The highest BCUT2D eigenvalue weighted by atomic mass is 32.2. The Morgan fingerprint density at radius 2 is 1.94 bits per heavy atom. The lowest BCUT2D eigenvalue weighted by Crippen LogP contribution is -2.52. The first kappa shape index (κ1) is 15.0. The molecule has 0 bridgehead atoms. The van der Waals surface area contributed by atoms with Gasteiger partial charge in [0.2, 0.25) is 5.91 Å². The van der Waals surface area contributed by atoms with Gasteiger partial charge in [0.1, 0.15) is 14.7 Å². The van der Waals surface area contributed by atoms with E-state index in [1.54, 1.807) is 0 Å². The molecule has 0 fully saturated rings. The molecule has 1 heterocycles. The maximum atomic E-state index is 12.0. The molecule has 9 heteroatoms. The molecule has 0 atom stereocenters. The number of carbonyl (C=O) groups is 1. The van der Waals surface area contributed by atoms with E-state index < -0.39 is 21.5 Å². The standard InChI is InChI=1S/C9H13N3O3S3/c1-9(2,8(11)13)12-18(14,15)6-4-3-5(17-6)7(10)16/h3-4,12H,1-2H3,(H2,10,16)(H2,11,13). The molecule has 6 nitrogen and oxygen atoms in total. The zero-order valence-corrected chi connectivity index (χ0v) is 12.2. The van der Waals surface area contributed by atoms with Crippen LogP contribution in [-0.2, 0) is 14.8 Å². The molecular formula is C9H13N3O3S3. The van der Waals surface area contributed by atoms with E-state index in [0.717, 1.165) is 11.3 Å². The van der Waals surface area contributed by atoms with Crippen molar-refractivity contribution < 1.29 is 13.2 Å². The molecule has 0 aliphatic carbocycles. The van der Waals surface area contributed by atoms with Gasteiger partial charge < -0.3 is 11.5 Å². The summed E-state index contributed by atoms with van der Waals surface area (Å²) in [4.78, 5) is 11.7. The average Bonchev–Trinajstić information content (AvgIpc) is 2.64. The maximum Gasteiger partial charge on any atom is 0.251 e. The molecule has 1 aromatic heterocycles. The van der Waals surface area contributed by atoms with Gasteiger partial charge in [-0.05, 0) is 26.0 Å². The van der Waals surface area contributed by atoms with E-state index in [4.69, 9.17) is 23.7 Å². The lowest BCUT2D eigenvalue weighted by molar-refractivity contribution is -0.122. The van der Waals surface area contributed by atoms with Crippen molar-refractivity contribution in [1.29, 1.82) is 0 Å². The first-order valence-corrected chi connectivity index (χ1v) is 7.50. The van der Waals surface area contributed by atoms with E-state index in [0.29, 0.717) is 4.88 Å². The van der Waals surface area contributed by atoms with E-state index >= 15 is 0 Å². The normalized spacial score (nSPS) is 12.3. The van der Waals surface area contributed by atoms with Crippen molar-refractivity contribution in [3.05, 3.63) is 17.0 Å². The third-order valence-electron chi connectivity index (χ3n) is 2.09. The second-order valence-corrected chi connectivity index (χ2v) is 7.51. The summed E-state index contributed by atoms with van der Waals surface area (Å²) in [6.45, 7) is 2.77. The summed E-state index contributed by atoms with van der Waals surface area (Å²) in [5.41, 5.74) is 9.14. The average molecular weight is 307 g/mol. The number of rotatable bonds is 5. The fraction of sp³-hybridized carbons (Fsp3) is 0.333. The Balaban J connectivity index is 3.07. The number of sulfonamides is 1. The molecule has 0 unspecified atom stereocenters. The van der Waals surface area contributed by atoms with Gasteiger partial charge in [0.05, 0.1) is 4.88 Å². The van der Waals surface area contributed by atoms with Crippen LogP contribution >= 0.6 is 23.6 Å². The minimum Gasteiger partial charge on any atom is -0.389 e. The van der Waals surface area contributed by atoms with E-state index in [9.17, 15) is 13.2 Å². The Morgan fingerprint density at radius 3 is 2.33 bits per heavy atom. The predicted molar refractivity (Wildman–Crippen MR) is 73.8 cm³/mol. The second kappa shape index (κ2) is 4.92. The van der Waals surface area contributed by atoms with E-state index in [-0.39, 0.29) is 9.20 Å². The summed E-state index contributed by atoms with van der Waals surface area (Å²) in [6, 6.07) is 2.89. The summed E-state index contributed by atoms with van der Waals surface area (Å²) in [7, 11) is -3.82. The van der Waals surface area contributed by atoms with Gasteiger partial charge >= 0.3 is 0 Å². The fourth-order valence-electron chi connectivity index (χ4n) is 1.03. The summed E-state index contributed by atoms with van der Waals surface area (Å²) in [5.74, 6) is -0.766. The summed E-state index contributed by atoms with van der Waals surface area (Å²) >= 11 is 5.68. The molecule has 5 N–H and O–H groups in total. The number of nitrogens with one attached hydrogen (secondary N) is 1.